The largest absolute Gasteiger partial charge is 0.479 e. The molecule has 0 unspecified atom stereocenters. The van der Waals surface area contributed by atoms with Crippen LogP contribution in [0.15, 0.2) is 54.1 Å². The van der Waals surface area contributed by atoms with Crippen LogP contribution in [0.5, 0.6) is 17.2 Å². The van der Waals surface area contributed by atoms with E-state index in [1.165, 1.54) is 7.11 Å². The van der Waals surface area contributed by atoms with E-state index in [1.54, 1.807) is 31.2 Å². The van der Waals surface area contributed by atoms with Crippen LogP contribution >= 0.6 is 0 Å². The van der Waals surface area contributed by atoms with Crippen LogP contribution in [0, 0.1) is 0 Å². The summed E-state index contributed by atoms with van der Waals surface area (Å²) in [5.41, 5.74) is 2.54. The molecule has 1 heterocycles. The number of fused-ring (bicyclic) bond motifs is 2. The summed E-state index contributed by atoms with van der Waals surface area (Å²) in [6.45, 7) is 3.62. The Labute approximate surface area is 164 Å². The number of hydrogen-bond acceptors (Lipinski definition) is 5. The summed E-state index contributed by atoms with van der Waals surface area (Å²) in [4.78, 5) is 24.2. The van der Waals surface area contributed by atoms with Crippen LogP contribution in [0.25, 0.3) is 0 Å². The third-order valence-corrected chi connectivity index (χ3v) is 4.65. The molecule has 0 saturated heterocycles. The minimum Gasteiger partial charge on any atom is -0.479 e. The molecule has 0 bridgehead atoms. The summed E-state index contributed by atoms with van der Waals surface area (Å²) in [7, 11) is 1.33. The maximum absolute atomic E-state index is 12.6. The van der Waals surface area contributed by atoms with Crippen molar-refractivity contribution < 1.29 is 23.8 Å². The summed E-state index contributed by atoms with van der Waals surface area (Å²) in [5, 5.41) is 0. The lowest BCUT2D eigenvalue weighted by molar-refractivity contribution is -0.147. The second kappa shape index (κ2) is 8.74. The van der Waals surface area contributed by atoms with Crippen molar-refractivity contribution in [1.29, 1.82) is 0 Å². The Hall–Kier alpha value is -3.08. The molecule has 1 aliphatic heterocycles. The van der Waals surface area contributed by atoms with E-state index in [9.17, 15) is 9.59 Å². The zero-order valence-corrected chi connectivity index (χ0v) is 16.4. The summed E-state index contributed by atoms with van der Waals surface area (Å²) in [6, 6.07) is 12.7. The monoisotopic (exact) mass is 380 g/mol. The molecule has 0 radical (unpaired) electrons. The Morgan fingerprint density at radius 1 is 1.11 bits per heavy atom. The second-order valence-corrected chi connectivity index (χ2v) is 6.86. The van der Waals surface area contributed by atoms with Crippen molar-refractivity contribution >= 4 is 11.8 Å². The predicted octanol–water partition coefficient (Wildman–Crippen LogP) is 4.88. The number of esters is 1. The van der Waals surface area contributed by atoms with Crippen molar-refractivity contribution in [2.24, 2.45) is 0 Å². The molecule has 0 saturated carbocycles. The number of ether oxygens (including phenoxy) is 3. The first kappa shape index (κ1) is 19.7. The lowest BCUT2D eigenvalue weighted by Crippen LogP contribution is -2.24. The SMILES string of the molecule is COC(=O)[C@H](C)Oc1ccc2c(c1)CCC/C(C)=C/C(=O)c1ccccc1O2. The van der Waals surface area contributed by atoms with Gasteiger partial charge in [0, 0.05) is 0 Å². The number of carbonyl (C=O) groups excluding carboxylic acids is 2. The first-order valence-electron chi connectivity index (χ1n) is 9.33. The van der Waals surface area contributed by atoms with Gasteiger partial charge in [-0.2, -0.15) is 0 Å². The van der Waals surface area contributed by atoms with E-state index in [2.05, 4.69) is 0 Å². The first-order chi connectivity index (χ1) is 13.5. The molecule has 1 atom stereocenters. The topological polar surface area (TPSA) is 61.8 Å². The van der Waals surface area contributed by atoms with Crippen molar-refractivity contribution in [3.05, 3.63) is 65.2 Å². The summed E-state index contributed by atoms with van der Waals surface area (Å²) < 4.78 is 16.5. The lowest BCUT2D eigenvalue weighted by Gasteiger charge is -2.16. The van der Waals surface area contributed by atoms with Gasteiger partial charge in [0.2, 0.25) is 0 Å². The third kappa shape index (κ3) is 4.60. The first-order valence-corrected chi connectivity index (χ1v) is 9.33. The number of methoxy groups -OCH3 is 1. The van der Waals surface area contributed by atoms with Crippen molar-refractivity contribution in [2.75, 3.05) is 7.11 Å². The number of ketones is 1. The standard InChI is InChI=1S/C23H24O5/c1-15-7-6-8-17-14-18(27-16(2)23(25)26-3)11-12-21(17)28-22-10-5-4-9-19(22)20(24)13-15/h4-5,9-14,16H,6-8H2,1-3H3/b15-13+/t16-/m0/s1. The lowest BCUT2D eigenvalue weighted by atomic mass is 10.0. The molecule has 0 N–H and O–H groups in total. The van der Waals surface area contributed by atoms with Gasteiger partial charge in [-0.1, -0.05) is 17.7 Å². The molecular weight excluding hydrogens is 356 g/mol. The van der Waals surface area contributed by atoms with Gasteiger partial charge in [0.25, 0.3) is 0 Å². The fraction of sp³-hybridized carbons (Fsp3) is 0.304. The van der Waals surface area contributed by atoms with E-state index in [0.29, 0.717) is 22.8 Å². The Morgan fingerprint density at radius 2 is 1.89 bits per heavy atom. The quantitative estimate of drug-likeness (QED) is 0.710. The fourth-order valence-electron chi connectivity index (χ4n) is 3.15. The van der Waals surface area contributed by atoms with E-state index in [1.807, 2.05) is 31.2 Å². The van der Waals surface area contributed by atoms with Gasteiger partial charge in [-0.15, -0.1) is 0 Å². The van der Waals surface area contributed by atoms with Gasteiger partial charge < -0.3 is 14.2 Å². The van der Waals surface area contributed by atoms with Gasteiger partial charge in [0.15, 0.2) is 11.9 Å². The van der Waals surface area contributed by atoms with Gasteiger partial charge >= 0.3 is 5.97 Å². The Morgan fingerprint density at radius 3 is 2.68 bits per heavy atom. The van der Waals surface area contributed by atoms with Gasteiger partial charge in [-0.25, -0.2) is 4.79 Å². The molecule has 3 rings (SSSR count). The molecule has 1 aliphatic rings. The number of benzene rings is 2. The number of aryl methyl sites for hydroxylation is 1. The van der Waals surface area contributed by atoms with Crippen LogP contribution in [-0.2, 0) is 16.0 Å². The van der Waals surface area contributed by atoms with Crippen LogP contribution < -0.4 is 9.47 Å². The smallest absolute Gasteiger partial charge is 0.346 e. The zero-order chi connectivity index (χ0) is 20.1. The molecule has 0 spiro atoms. The van der Waals surface area contributed by atoms with Crippen LogP contribution in [0.2, 0.25) is 0 Å². The molecule has 146 valence electrons. The predicted molar refractivity (Wildman–Crippen MR) is 106 cm³/mol. The van der Waals surface area contributed by atoms with Crippen LogP contribution in [0.1, 0.15) is 42.6 Å². The highest BCUT2D eigenvalue weighted by atomic mass is 16.6. The van der Waals surface area contributed by atoms with E-state index in [-0.39, 0.29) is 5.78 Å². The molecule has 0 aromatic heterocycles. The van der Waals surface area contributed by atoms with Gasteiger partial charge in [0.1, 0.15) is 17.2 Å². The minimum absolute atomic E-state index is 0.0524. The summed E-state index contributed by atoms with van der Waals surface area (Å²) in [6.07, 6.45) is 3.44. The van der Waals surface area contributed by atoms with Crippen LogP contribution in [0.4, 0.5) is 0 Å². The average molecular weight is 380 g/mol. The number of carbonyl (C=O) groups is 2. The van der Waals surface area contributed by atoms with Crippen LogP contribution in [-0.4, -0.2) is 25.0 Å². The molecule has 2 aromatic carbocycles. The summed E-state index contributed by atoms with van der Waals surface area (Å²) in [5.74, 6) is 1.30. The van der Waals surface area contributed by atoms with Crippen molar-refractivity contribution in [3.63, 3.8) is 0 Å². The zero-order valence-electron chi connectivity index (χ0n) is 16.4. The molecule has 0 fully saturated rings. The molecule has 28 heavy (non-hydrogen) atoms. The molecule has 5 heteroatoms. The minimum atomic E-state index is -0.699. The average Bonchev–Trinajstić information content (AvgIpc) is 2.70. The van der Waals surface area contributed by atoms with Crippen LogP contribution in [0.3, 0.4) is 0 Å². The van der Waals surface area contributed by atoms with Gasteiger partial charge in [-0.3, -0.25) is 4.79 Å². The highest BCUT2D eigenvalue weighted by Gasteiger charge is 2.18. The highest BCUT2D eigenvalue weighted by Crippen LogP contribution is 2.33. The van der Waals surface area contributed by atoms with Crippen molar-refractivity contribution in [3.8, 4) is 17.2 Å². The van der Waals surface area contributed by atoms with E-state index in [0.717, 1.165) is 30.4 Å². The third-order valence-electron chi connectivity index (χ3n) is 4.65. The van der Waals surface area contributed by atoms with E-state index in [4.69, 9.17) is 14.2 Å². The molecule has 0 amide bonds. The van der Waals surface area contributed by atoms with Crippen molar-refractivity contribution in [2.45, 2.75) is 39.2 Å². The molecule has 2 aromatic rings. The maximum atomic E-state index is 12.6. The van der Waals surface area contributed by atoms with Gasteiger partial charge in [0.05, 0.1) is 12.7 Å². The normalized spacial score (nSPS) is 17.0. The number of rotatable bonds is 3. The van der Waals surface area contributed by atoms with Gasteiger partial charge in [-0.05, 0) is 75.1 Å². The Balaban J connectivity index is 1.96. The molecule has 0 aliphatic carbocycles. The molecular formula is C23H24O5. The highest BCUT2D eigenvalue weighted by molar-refractivity contribution is 6.06. The number of allylic oxidation sites excluding steroid dienone is 2. The van der Waals surface area contributed by atoms with E-state index >= 15 is 0 Å². The number of para-hydroxylation sites is 1. The summed E-state index contributed by atoms with van der Waals surface area (Å²) >= 11 is 0. The van der Waals surface area contributed by atoms with Crippen molar-refractivity contribution in [1.82, 2.24) is 0 Å². The molecule has 5 nitrogen and oxygen atoms in total. The Kier molecular flexibility index (Phi) is 6.14. The fourth-order valence-corrected chi connectivity index (χ4v) is 3.15. The second-order valence-electron chi connectivity index (χ2n) is 6.86. The van der Waals surface area contributed by atoms with E-state index < -0.39 is 12.1 Å². The Bertz CT molecular complexity index is 913. The maximum Gasteiger partial charge on any atom is 0.346 e. The number of hydrogen-bond donors (Lipinski definition) is 0.